The van der Waals surface area contributed by atoms with Gasteiger partial charge in [-0.25, -0.2) is 16.8 Å². The highest BCUT2D eigenvalue weighted by atomic mass is 32.2. The second kappa shape index (κ2) is 4.13. The van der Waals surface area contributed by atoms with Gasteiger partial charge in [-0.05, 0) is 0 Å². The van der Waals surface area contributed by atoms with Crippen LogP contribution in [0.4, 0.5) is 0 Å². The van der Waals surface area contributed by atoms with E-state index in [0.29, 0.717) is 0 Å². The van der Waals surface area contributed by atoms with Crippen molar-refractivity contribution in [1.82, 2.24) is 4.31 Å². The molecular formula is C6H13NO5S2. The molecule has 1 rings (SSSR count). The van der Waals surface area contributed by atoms with E-state index in [4.69, 9.17) is 5.11 Å². The first kappa shape index (κ1) is 11.9. The van der Waals surface area contributed by atoms with E-state index in [1.165, 1.54) is 0 Å². The molecule has 8 heteroatoms. The van der Waals surface area contributed by atoms with Crippen molar-refractivity contribution in [2.75, 3.05) is 37.0 Å². The molecule has 14 heavy (non-hydrogen) atoms. The quantitative estimate of drug-likeness (QED) is 0.621. The van der Waals surface area contributed by atoms with Crippen molar-refractivity contribution in [2.24, 2.45) is 0 Å². The summed E-state index contributed by atoms with van der Waals surface area (Å²) in [7, 11) is -6.52. The summed E-state index contributed by atoms with van der Waals surface area (Å²) in [6.07, 6.45) is 0. The molecule has 0 aromatic carbocycles. The highest BCUT2D eigenvalue weighted by Gasteiger charge is 2.29. The fourth-order valence-electron chi connectivity index (χ4n) is 1.22. The molecule has 0 saturated carbocycles. The monoisotopic (exact) mass is 243 g/mol. The van der Waals surface area contributed by atoms with Gasteiger partial charge in [0.25, 0.3) is 0 Å². The number of aliphatic hydroxyl groups is 1. The maximum Gasteiger partial charge on any atom is 0.216 e. The van der Waals surface area contributed by atoms with Crippen LogP contribution < -0.4 is 0 Å². The Kier molecular flexibility index (Phi) is 3.51. The molecule has 0 radical (unpaired) electrons. The minimum atomic E-state index is -3.46. The summed E-state index contributed by atoms with van der Waals surface area (Å²) in [6, 6.07) is 0. The maximum absolute atomic E-state index is 11.4. The number of hydrogen-bond donors (Lipinski definition) is 1. The van der Waals surface area contributed by atoms with Gasteiger partial charge in [0.05, 0.1) is 23.9 Å². The summed E-state index contributed by atoms with van der Waals surface area (Å²) < 4.78 is 45.9. The second-order valence-electron chi connectivity index (χ2n) is 3.09. The predicted molar refractivity (Wildman–Crippen MR) is 51.1 cm³/mol. The van der Waals surface area contributed by atoms with Crippen molar-refractivity contribution in [3.8, 4) is 0 Å². The van der Waals surface area contributed by atoms with Crippen molar-refractivity contribution >= 4 is 19.9 Å². The Hall–Kier alpha value is -0.180. The minimum absolute atomic E-state index is 0.00463. The van der Waals surface area contributed by atoms with Crippen molar-refractivity contribution in [3.63, 3.8) is 0 Å². The molecule has 1 fully saturated rings. The van der Waals surface area contributed by atoms with Crippen LogP contribution in [0.5, 0.6) is 0 Å². The van der Waals surface area contributed by atoms with Crippen LogP contribution in [0.25, 0.3) is 0 Å². The molecule has 84 valence electrons. The summed E-state index contributed by atoms with van der Waals surface area (Å²) >= 11 is 0. The highest BCUT2D eigenvalue weighted by molar-refractivity contribution is 7.92. The van der Waals surface area contributed by atoms with Crippen molar-refractivity contribution < 1.29 is 21.9 Å². The van der Waals surface area contributed by atoms with Crippen LogP contribution >= 0.6 is 0 Å². The molecule has 6 nitrogen and oxygen atoms in total. The van der Waals surface area contributed by atoms with Gasteiger partial charge >= 0.3 is 0 Å². The number of rotatable bonds is 3. The van der Waals surface area contributed by atoms with E-state index in [-0.39, 0.29) is 30.3 Å². The van der Waals surface area contributed by atoms with Gasteiger partial charge in [-0.1, -0.05) is 0 Å². The molecule has 0 spiro atoms. The number of sulfone groups is 1. The zero-order chi connectivity index (χ0) is 10.8. The molecule has 1 aliphatic rings. The Morgan fingerprint density at radius 3 is 2.14 bits per heavy atom. The fraction of sp³-hybridized carbons (Fsp3) is 1.00. The number of sulfonamides is 1. The van der Waals surface area contributed by atoms with E-state index in [1.807, 2.05) is 0 Å². The molecule has 1 heterocycles. The minimum Gasteiger partial charge on any atom is -0.395 e. The van der Waals surface area contributed by atoms with Crippen LogP contribution in [-0.2, 0) is 19.9 Å². The van der Waals surface area contributed by atoms with Gasteiger partial charge in [-0.3, -0.25) is 0 Å². The Balaban J connectivity index is 2.67. The van der Waals surface area contributed by atoms with Crippen molar-refractivity contribution in [3.05, 3.63) is 0 Å². The molecule has 1 aliphatic heterocycles. The van der Waals surface area contributed by atoms with Crippen LogP contribution in [0.2, 0.25) is 0 Å². The molecule has 0 aliphatic carbocycles. The Morgan fingerprint density at radius 2 is 1.71 bits per heavy atom. The van der Waals surface area contributed by atoms with Crippen LogP contribution in [0.3, 0.4) is 0 Å². The maximum atomic E-state index is 11.4. The highest BCUT2D eigenvalue weighted by Crippen LogP contribution is 2.08. The third-order valence-electron chi connectivity index (χ3n) is 2.05. The smallest absolute Gasteiger partial charge is 0.216 e. The lowest BCUT2D eigenvalue weighted by atomic mass is 10.6. The summed E-state index contributed by atoms with van der Waals surface area (Å²) in [5.74, 6) is -0.595. The second-order valence-corrected chi connectivity index (χ2v) is 7.48. The van der Waals surface area contributed by atoms with E-state index in [2.05, 4.69) is 0 Å². The van der Waals surface area contributed by atoms with E-state index >= 15 is 0 Å². The third kappa shape index (κ3) is 2.91. The van der Waals surface area contributed by atoms with Crippen molar-refractivity contribution in [1.29, 1.82) is 0 Å². The fourth-order valence-corrected chi connectivity index (χ4v) is 3.88. The summed E-state index contributed by atoms with van der Waals surface area (Å²) in [6.45, 7) is -0.430. The average molecular weight is 243 g/mol. The first-order valence-corrected chi connectivity index (χ1v) is 7.59. The van der Waals surface area contributed by atoms with E-state index in [9.17, 15) is 16.8 Å². The Labute approximate surface area is 83.5 Å². The van der Waals surface area contributed by atoms with Gasteiger partial charge in [-0.15, -0.1) is 0 Å². The largest absolute Gasteiger partial charge is 0.395 e. The molecular weight excluding hydrogens is 230 g/mol. The molecule has 0 unspecified atom stereocenters. The summed E-state index contributed by atoms with van der Waals surface area (Å²) in [5.41, 5.74) is 0. The van der Waals surface area contributed by atoms with E-state index in [0.717, 1.165) is 4.31 Å². The zero-order valence-corrected chi connectivity index (χ0v) is 9.22. The van der Waals surface area contributed by atoms with Gasteiger partial charge in [0.15, 0.2) is 9.84 Å². The number of aliphatic hydroxyl groups excluding tert-OH is 1. The first-order chi connectivity index (χ1) is 6.37. The molecule has 0 amide bonds. The lowest BCUT2D eigenvalue weighted by Gasteiger charge is -2.25. The SMILES string of the molecule is O=S1(=O)CCN(S(=O)(=O)CCO)CC1. The summed E-state index contributed by atoms with van der Waals surface area (Å²) in [4.78, 5) is 0. The number of hydrogen-bond acceptors (Lipinski definition) is 5. The van der Waals surface area contributed by atoms with Gasteiger partial charge in [0, 0.05) is 13.1 Å². The molecule has 1 N–H and O–H groups in total. The third-order valence-corrected chi connectivity index (χ3v) is 5.51. The Bertz CT molecular complexity index is 370. The lowest BCUT2D eigenvalue weighted by Crippen LogP contribution is -2.44. The molecule has 0 aromatic rings. The standard InChI is InChI=1S/C6H13NO5S2/c8-3-6-14(11,12)7-1-4-13(9,10)5-2-7/h8H,1-6H2. The van der Waals surface area contributed by atoms with E-state index in [1.54, 1.807) is 0 Å². The van der Waals surface area contributed by atoms with Gasteiger partial charge in [0.1, 0.15) is 0 Å². The lowest BCUT2D eigenvalue weighted by molar-refractivity contribution is 0.315. The van der Waals surface area contributed by atoms with Gasteiger partial charge in [0.2, 0.25) is 10.0 Å². The van der Waals surface area contributed by atoms with Crippen LogP contribution in [0.15, 0.2) is 0 Å². The van der Waals surface area contributed by atoms with Gasteiger partial charge < -0.3 is 5.11 Å². The zero-order valence-electron chi connectivity index (χ0n) is 7.59. The topological polar surface area (TPSA) is 91.8 Å². The normalized spacial score (nSPS) is 23.5. The number of nitrogens with zero attached hydrogens (tertiary/aromatic N) is 1. The summed E-state index contributed by atoms with van der Waals surface area (Å²) in [5, 5.41) is 8.51. The van der Waals surface area contributed by atoms with Gasteiger partial charge in [-0.2, -0.15) is 4.31 Å². The molecule has 0 bridgehead atoms. The van der Waals surface area contributed by atoms with Crippen LogP contribution in [0.1, 0.15) is 0 Å². The first-order valence-electron chi connectivity index (χ1n) is 4.16. The molecule has 0 aromatic heterocycles. The van der Waals surface area contributed by atoms with E-state index < -0.39 is 26.5 Å². The van der Waals surface area contributed by atoms with Crippen LogP contribution in [0, 0.1) is 0 Å². The molecule has 1 saturated heterocycles. The van der Waals surface area contributed by atoms with Crippen LogP contribution in [-0.4, -0.2) is 63.2 Å². The molecule has 0 atom stereocenters. The Morgan fingerprint density at radius 1 is 1.21 bits per heavy atom. The predicted octanol–water partition coefficient (Wildman–Crippen LogP) is -1.96. The van der Waals surface area contributed by atoms with Crippen molar-refractivity contribution in [2.45, 2.75) is 0 Å². The average Bonchev–Trinajstić information content (AvgIpc) is 2.03.